The van der Waals surface area contributed by atoms with Gasteiger partial charge in [-0.3, -0.25) is 9.59 Å². The van der Waals surface area contributed by atoms with Crippen molar-refractivity contribution >= 4 is 33.4 Å². The molecule has 0 spiro atoms. The Morgan fingerprint density at radius 1 is 1.30 bits per heavy atom. The van der Waals surface area contributed by atoms with E-state index in [-0.39, 0.29) is 23.7 Å². The van der Waals surface area contributed by atoms with E-state index < -0.39 is 0 Å². The second kappa shape index (κ2) is 6.39. The number of anilines is 1. The molecule has 1 aliphatic rings. The zero-order valence-electron chi connectivity index (χ0n) is 11.7. The van der Waals surface area contributed by atoms with E-state index >= 15 is 0 Å². The molecule has 2 N–H and O–H groups in total. The van der Waals surface area contributed by atoms with Gasteiger partial charge in [0.05, 0.1) is 17.5 Å². The van der Waals surface area contributed by atoms with Crippen molar-refractivity contribution in [2.45, 2.75) is 26.7 Å². The van der Waals surface area contributed by atoms with Crippen molar-refractivity contribution in [1.82, 2.24) is 5.32 Å². The molecule has 2 amide bonds. The molecule has 20 heavy (non-hydrogen) atoms. The minimum Gasteiger partial charge on any atom is -0.356 e. The number of aryl methyl sites for hydroxylation is 1. The first kappa shape index (κ1) is 15.0. The largest absolute Gasteiger partial charge is 0.356 e. The maximum atomic E-state index is 12.1. The van der Waals surface area contributed by atoms with E-state index in [1.807, 2.05) is 32.0 Å². The highest BCUT2D eigenvalue weighted by atomic mass is 79.9. The number of hydrogen-bond acceptors (Lipinski definition) is 2. The molecule has 4 nitrogen and oxygen atoms in total. The fourth-order valence-corrected chi connectivity index (χ4v) is 2.69. The van der Waals surface area contributed by atoms with Crippen LogP contribution in [0.1, 0.15) is 25.3 Å². The highest BCUT2D eigenvalue weighted by Gasteiger charge is 2.47. The zero-order valence-corrected chi connectivity index (χ0v) is 13.3. The Hall–Kier alpha value is -1.36. The summed E-state index contributed by atoms with van der Waals surface area (Å²) >= 11 is 3.43. The fourth-order valence-electron chi connectivity index (χ4n) is 2.10. The molecular weight excluding hydrogens is 320 g/mol. The first-order valence-corrected chi connectivity index (χ1v) is 7.67. The molecule has 1 aliphatic carbocycles. The minimum atomic E-state index is -0.194. The monoisotopic (exact) mass is 338 g/mol. The first-order chi connectivity index (χ1) is 9.52. The SMILES string of the molecule is CCCNC(=O)C1CC1C(=O)Nc1ccc(C)cc1Br. The lowest BCUT2D eigenvalue weighted by Gasteiger charge is -2.08. The van der Waals surface area contributed by atoms with Gasteiger partial charge in [0.2, 0.25) is 11.8 Å². The highest BCUT2D eigenvalue weighted by Crippen LogP contribution is 2.40. The Kier molecular flexibility index (Phi) is 4.81. The summed E-state index contributed by atoms with van der Waals surface area (Å²) in [5.41, 5.74) is 1.87. The summed E-state index contributed by atoms with van der Waals surface area (Å²) in [5.74, 6) is -0.438. The summed E-state index contributed by atoms with van der Waals surface area (Å²) < 4.78 is 0.860. The van der Waals surface area contributed by atoms with Gasteiger partial charge in [0.15, 0.2) is 0 Å². The molecule has 0 bridgehead atoms. The molecule has 2 atom stereocenters. The second-order valence-electron chi connectivity index (χ2n) is 5.21. The number of halogens is 1. The van der Waals surface area contributed by atoms with Crippen LogP contribution in [-0.4, -0.2) is 18.4 Å². The van der Waals surface area contributed by atoms with E-state index in [4.69, 9.17) is 0 Å². The van der Waals surface area contributed by atoms with E-state index in [0.717, 1.165) is 22.1 Å². The molecule has 2 unspecified atom stereocenters. The maximum absolute atomic E-state index is 12.1. The average Bonchev–Trinajstić information content (AvgIpc) is 3.19. The Bertz CT molecular complexity index is 531. The van der Waals surface area contributed by atoms with E-state index in [2.05, 4.69) is 26.6 Å². The number of carbonyl (C=O) groups excluding carboxylic acids is 2. The number of amides is 2. The third-order valence-corrected chi connectivity index (χ3v) is 4.05. The Morgan fingerprint density at radius 3 is 2.65 bits per heavy atom. The lowest BCUT2D eigenvalue weighted by Crippen LogP contribution is -2.28. The predicted molar refractivity (Wildman–Crippen MR) is 82.4 cm³/mol. The Morgan fingerprint density at radius 2 is 2.00 bits per heavy atom. The van der Waals surface area contributed by atoms with Gasteiger partial charge in [-0.2, -0.15) is 0 Å². The molecule has 108 valence electrons. The van der Waals surface area contributed by atoms with Crippen molar-refractivity contribution in [3.05, 3.63) is 28.2 Å². The summed E-state index contributed by atoms with van der Waals surface area (Å²) in [6.45, 7) is 4.67. The Labute approximate surface area is 127 Å². The van der Waals surface area contributed by atoms with Gasteiger partial charge in [0.1, 0.15) is 0 Å². The van der Waals surface area contributed by atoms with E-state index in [1.165, 1.54) is 0 Å². The maximum Gasteiger partial charge on any atom is 0.228 e. The van der Waals surface area contributed by atoms with Crippen LogP contribution in [0.4, 0.5) is 5.69 Å². The van der Waals surface area contributed by atoms with Gasteiger partial charge in [-0.15, -0.1) is 0 Å². The van der Waals surface area contributed by atoms with Crippen molar-refractivity contribution in [3.63, 3.8) is 0 Å². The van der Waals surface area contributed by atoms with Crippen LogP contribution in [0.5, 0.6) is 0 Å². The van der Waals surface area contributed by atoms with Crippen molar-refractivity contribution in [1.29, 1.82) is 0 Å². The standard InChI is InChI=1S/C15H19BrN2O2/c1-3-6-17-14(19)10-8-11(10)15(20)18-13-5-4-9(2)7-12(13)16/h4-5,7,10-11H,3,6,8H2,1-2H3,(H,17,19)(H,18,20). The van der Waals surface area contributed by atoms with Gasteiger partial charge in [0.25, 0.3) is 0 Å². The van der Waals surface area contributed by atoms with Crippen LogP contribution < -0.4 is 10.6 Å². The molecule has 0 aromatic heterocycles. The van der Waals surface area contributed by atoms with Crippen LogP contribution in [0, 0.1) is 18.8 Å². The Balaban J connectivity index is 1.89. The van der Waals surface area contributed by atoms with Crippen LogP contribution in [0.2, 0.25) is 0 Å². The number of benzene rings is 1. The molecule has 1 aromatic carbocycles. The third kappa shape index (κ3) is 3.60. The molecule has 0 aliphatic heterocycles. The highest BCUT2D eigenvalue weighted by molar-refractivity contribution is 9.10. The quantitative estimate of drug-likeness (QED) is 0.867. The van der Waals surface area contributed by atoms with Crippen LogP contribution in [0.25, 0.3) is 0 Å². The third-order valence-electron chi connectivity index (χ3n) is 3.40. The topological polar surface area (TPSA) is 58.2 Å². The van der Waals surface area contributed by atoms with Gasteiger partial charge in [0, 0.05) is 11.0 Å². The molecule has 0 heterocycles. The summed E-state index contributed by atoms with van der Waals surface area (Å²) in [6.07, 6.45) is 1.55. The molecule has 2 rings (SSSR count). The minimum absolute atomic E-state index is 0.00466. The van der Waals surface area contributed by atoms with Crippen molar-refractivity contribution in [3.8, 4) is 0 Å². The smallest absolute Gasteiger partial charge is 0.228 e. The first-order valence-electron chi connectivity index (χ1n) is 6.87. The van der Waals surface area contributed by atoms with Gasteiger partial charge in [-0.25, -0.2) is 0 Å². The second-order valence-corrected chi connectivity index (χ2v) is 6.07. The summed E-state index contributed by atoms with van der Waals surface area (Å²) in [6, 6.07) is 5.76. The molecule has 1 saturated carbocycles. The molecule has 1 aromatic rings. The fraction of sp³-hybridized carbons (Fsp3) is 0.467. The molecule has 1 fully saturated rings. The van der Waals surface area contributed by atoms with E-state index in [0.29, 0.717) is 13.0 Å². The van der Waals surface area contributed by atoms with Crippen LogP contribution in [0.3, 0.4) is 0 Å². The lowest BCUT2D eigenvalue weighted by molar-refractivity contribution is -0.125. The van der Waals surface area contributed by atoms with Crippen LogP contribution in [0.15, 0.2) is 22.7 Å². The van der Waals surface area contributed by atoms with Gasteiger partial charge < -0.3 is 10.6 Å². The van der Waals surface area contributed by atoms with Crippen molar-refractivity contribution in [2.24, 2.45) is 11.8 Å². The lowest BCUT2D eigenvalue weighted by atomic mass is 10.2. The number of carbonyl (C=O) groups is 2. The molecule has 5 heteroatoms. The molecule has 0 saturated heterocycles. The molecular formula is C15H19BrN2O2. The number of hydrogen-bond donors (Lipinski definition) is 2. The number of rotatable bonds is 5. The number of nitrogens with one attached hydrogen (secondary N) is 2. The van der Waals surface area contributed by atoms with Crippen LogP contribution in [-0.2, 0) is 9.59 Å². The van der Waals surface area contributed by atoms with Gasteiger partial charge >= 0.3 is 0 Å². The van der Waals surface area contributed by atoms with Gasteiger partial charge in [-0.05, 0) is 53.4 Å². The van der Waals surface area contributed by atoms with Crippen molar-refractivity contribution in [2.75, 3.05) is 11.9 Å². The van der Waals surface area contributed by atoms with Crippen molar-refractivity contribution < 1.29 is 9.59 Å². The average molecular weight is 339 g/mol. The summed E-state index contributed by atoms with van der Waals surface area (Å²) in [4.78, 5) is 23.8. The predicted octanol–water partition coefficient (Wildman–Crippen LogP) is 2.86. The molecule has 0 radical (unpaired) electrons. The summed E-state index contributed by atoms with van der Waals surface area (Å²) in [7, 11) is 0. The zero-order chi connectivity index (χ0) is 14.7. The normalized spacial score (nSPS) is 20.4. The van der Waals surface area contributed by atoms with E-state index in [1.54, 1.807) is 0 Å². The summed E-state index contributed by atoms with van der Waals surface area (Å²) in [5, 5.41) is 5.71. The van der Waals surface area contributed by atoms with E-state index in [9.17, 15) is 9.59 Å². The van der Waals surface area contributed by atoms with Crippen LogP contribution >= 0.6 is 15.9 Å². The van der Waals surface area contributed by atoms with Gasteiger partial charge in [-0.1, -0.05) is 13.0 Å².